The van der Waals surface area contributed by atoms with Crippen molar-refractivity contribution >= 4 is 28.1 Å². The van der Waals surface area contributed by atoms with Crippen LogP contribution in [0.4, 0.5) is 0 Å². The average molecular weight is 378 g/mol. The fourth-order valence-corrected chi connectivity index (χ4v) is 3.82. The highest BCUT2D eigenvalue weighted by Crippen LogP contribution is 2.19. The van der Waals surface area contributed by atoms with E-state index in [0.29, 0.717) is 12.1 Å². The maximum absolute atomic E-state index is 12.9. The zero-order valence-corrected chi connectivity index (χ0v) is 15.6. The molecule has 0 aliphatic carbocycles. The second-order valence-corrected chi connectivity index (χ2v) is 7.41. The highest BCUT2D eigenvalue weighted by atomic mass is 32.1. The molecule has 27 heavy (non-hydrogen) atoms. The Morgan fingerprint density at radius 2 is 2.04 bits per heavy atom. The van der Waals surface area contributed by atoms with E-state index in [1.165, 1.54) is 6.26 Å². The van der Waals surface area contributed by atoms with E-state index < -0.39 is 0 Å². The molecule has 1 aromatic carbocycles. The molecule has 0 bridgehead atoms. The number of aromatic amines is 1. The number of nitrogens with one attached hydrogen (secondary N) is 1. The van der Waals surface area contributed by atoms with E-state index in [1.54, 1.807) is 28.4 Å². The van der Waals surface area contributed by atoms with Gasteiger partial charge in [-0.25, -0.2) is 0 Å². The van der Waals surface area contributed by atoms with Crippen molar-refractivity contribution in [3.63, 3.8) is 0 Å². The molecule has 0 unspecified atom stereocenters. The van der Waals surface area contributed by atoms with Crippen LogP contribution in [0.25, 0.3) is 10.9 Å². The first-order valence-corrected chi connectivity index (χ1v) is 9.46. The Morgan fingerprint density at radius 1 is 1.15 bits per heavy atom. The number of hydrogen-bond donors (Lipinski definition) is 1. The summed E-state index contributed by atoms with van der Waals surface area (Å²) in [5.41, 5.74) is 2.21. The molecule has 5 nitrogen and oxygen atoms in total. The summed E-state index contributed by atoms with van der Waals surface area (Å²) in [4.78, 5) is 31.1. The number of thiophene rings is 1. The van der Waals surface area contributed by atoms with Gasteiger partial charge in [0.15, 0.2) is 5.76 Å². The van der Waals surface area contributed by atoms with E-state index >= 15 is 0 Å². The smallest absolute Gasteiger partial charge is 0.290 e. The topological polar surface area (TPSA) is 66.3 Å². The third kappa shape index (κ3) is 3.57. The van der Waals surface area contributed by atoms with Gasteiger partial charge < -0.3 is 14.3 Å². The predicted molar refractivity (Wildman–Crippen MR) is 106 cm³/mol. The Balaban J connectivity index is 1.70. The molecule has 0 radical (unpaired) electrons. The zero-order chi connectivity index (χ0) is 18.8. The maximum Gasteiger partial charge on any atom is 0.290 e. The van der Waals surface area contributed by atoms with Crippen molar-refractivity contribution in [2.24, 2.45) is 0 Å². The van der Waals surface area contributed by atoms with Crippen molar-refractivity contribution < 1.29 is 9.21 Å². The minimum Gasteiger partial charge on any atom is -0.459 e. The summed E-state index contributed by atoms with van der Waals surface area (Å²) < 4.78 is 5.28. The first-order chi connectivity index (χ1) is 13.1. The molecule has 136 valence electrons. The number of carbonyl (C=O) groups is 1. The van der Waals surface area contributed by atoms with Gasteiger partial charge in [-0.15, -0.1) is 11.3 Å². The van der Waals surface area contributed by atoms with E-state index in [9.17, 15) is 9.59 Å². The van der Waals surface area contributed by atoms with Gasteiger partial charge in [-0.1, -0.05) is 24.3 Å². The molecule has 4 rings (SSSR count). The van der Waals surface area contributed by atoms with Crippen molar-refractivity contribution in [2.45, 2.75) is 20.0 Å². The van der Waals surface area contributed by atoms with Gasteiger partial charge in [0.2, 0.25) is 0 Å². The quantitative estimate of drug-likeness (QED) is 0.562. The SMILES string of the molecule is Cc1cccc2cc(CN(Cc3cccs3)C(=O)c3ccco3)c(=O)[nH]c12. The molecule has 0 fully saturated rings. The van der Waals surface area contributed by atoms with Crippen LogP contribution in [0.5, 0.6) is 0 Å². The standard InChI is InChI=1S/C21H18N2O3S/c1-14-5-2-6-15-11-16(20(24)22-19(14)15)12-23(13-17-7-4-10-27-17)21(25)18-8-3-9-26-18/h2-11H,12-13H2,1H3,(H,22,24). The van der Waals surface area contributed by atoms with Crippen LogP contribution in [0.2, 0.25) is 0 Å². The molecule has 0 aliphatic rings. The summed E-state index contributed by atoms with van der Waals surface area (Å²) in [7, 11) is 0. The molecule has 3 aromatic heterocycles. The molecule has 0 saturated heterocycles. The lowest BCUT2D eigenvalue weighted by atomic mass is 10.1. The van der Waals surface area contributed by atoms with Crippen molar-refractivity contribution in [2.75, 3.05) is 0 Å². The lowest BCUT2D eigenvalue weighted by Crippen LogP contribution is -2.32. The van der Waals surface area contributed by atoms with Crippen molar-refractivity contribution in [1.29, 1.82) is 0 Å². The number of benzene rings is 1. The lowest BCUT2D eigenvalue weighted by molar-refractivity contribution is 0.0699. The average Bonchev–Trinajstić information content (AvgIpc) is 3.36. The molecular weight excluding hydrogens is 360 g/mol. The van der Waals surface area contributed by atoms with Crippen molar-refractivity contribution in [1.82, 2.24) is 9.88 Å². The number of para-hydroxylation sites is 1. The monoisotopic (exact) mass is 378 g/mol. The number of carbonyl (C=O) groups excluding carboxylic acids is 1. The Bertz CT molecular complexity index is 1130. The second-order valence-electron chi connectivity index (χ2n) is 6.38. The van der Waals surface area contributed by atoms with E-state index in [-0.39, 0.29) is 23.8 Å². The molecule has 0 aliphatic heterocycles. The van der Waals surface area contributed by atoms with Crippen LogP contribution in [0, 0.1) is 6.92 Å². The van der Waals surface area contributed by atoms with Gasteiger partial charge in [0, 0.05) is 10.4 Å². The highest BCUT2D eigenvalue weighted by molar-refractivity contribution is 7.09. The third-order valence-electron chi connectivity index (χ3n) is 4.47. The first-order valence-electron chi connectivity index (χ1n) is 8.58. The van der Waals surface area contributed by atoms with Gasteiger partial charge in [-0.05, 0) is 47.5 Å². The predicted octanol–water partition coefficient (Wildman–Crippen LogP) is 4.33. The van der Waals surface area contributed by atoms with Gasteiger partial charge in [0.05, 0.1) is 24.9 Å². The Hall–Kier alpha value is -3.12. The number of fused-ring (bicyclic) bond motifs is 1. The molecule has 0 spiro atoms. The number of amides is 1. The van der Waals surface area contributed by atoms with E-state index in [4.69, 9.17) is 4.42 Å². The van der Waals surface area contributed by atoms with Crippen LogP contribution in [0.15, 0.2) is 69.4 Å². The minimum atomic E-state index is -0.239. The van der Waals surface area contributed by atoms with Crippen LogP contribution in [0.3, 0.4) is 0 Å². The van der Waals surface area contributed by atoms with Crippen LogP contribution < -0.4 is 5.56 Å². The van der Waals surface area contributed by atoms with Gasteiger partial charge >= 0.3 is 0 Å². The molecular formula is C21H18N2O3S. The Kier molecular flexibility index (Phi) is 4.64. The van der Waals surface area contributed by atoms with Gasteiger partial charge in [-0.3, -0.25) is 9.59 Å². The Labute approximate surface area is 159 Å². The van der Waals surface area contributed by atoms with Crippen LogP contribution >= 0.6 is 11.3 Å². The molecule has 4 aromatic rings. The van der Waals surface area contributed by atoms with E-state index in [2.05, 4.69) is 4.98 Å². The first kappa shape index (κ1) is 17.3. The van der Waals surface area contributed by atoms with Crippen LogP contribution in [-0.2, 0) is 13.1 Å². The van der Waals surface area contributed by atoms with E-state index in [0.717, 1.165) is 21.3 Å². The summed E-state index contributed by atoms with van der Waals surface area (Å²) in [6.07, 6.45) is 1.47. The van der Waals surface area contributed by atoms with E-state index in [1.807, 2.05) is 48.7 Å². The van der Waals surface area contributed by atoms with Crippen LogP contribution in [-0.4, -0.2) is 15.8 Å². The number of H-pyrrole nitrogens is 1. The fourth-order valence-electron chi connectivity index (χ4n) is 3.10. The van der Waals surface area contributed by atoms with Crippen molar-refractivity contribution in [3.8, 4) is 0 Å². The summed E-state index contributed by atoms with van der Waals surface area (Å²) in [6, 6.07) is 15.0. The normalized spacial score (nSPS) is 11.0. The molecule has 3 heterocycles. The zero-order valence-electron chi connectivity index (χ0n) is 14.8. The van der Waals surface area contributed by atoms with Gasteiger partial charge in [0.1, 0.15) is 0 Å². The van der Waals surface area contributed by atoms with Crippen LogP contribution in [0.1, 0.15) is 26.6 Å². The molecule has 6 heteroatoms. The summed E-state index contributed by atoms with van der Waals surface area (Å²) in [6.45, 7) is 2.58. The number of pyridine rings is 1. The molecule has 1 N–H and O–H groups in total. The maximum atomic E-state index is 12.9. The third-order valence-corrected chi connectivity index (χ3v) is 5.33. The number of rotatable bonds is 5. The summed E-state index contributed by atoms with van der Waals surface area (Å²) in [5.74, 6) is 0.0248. The largest absolute Gasteiger partial charge is 0.459 e. The number of aromatic nitrogens is 1. The lowest BCUT2D eigenvalue weighted by Gasteiger charge is -2.21. The molecule has 1 amide bonds. The Morgan fingerprint density at radius 3 is 2.78 bits per heavy atom. The summed E-state index contributed by atoms with van der Waals surface area (Å²) >= 11 is 1.57. The summed E-state index contributed by atoms with van der Waals surface area (Å²) in [5, 5.41) is 2.92. The van der Waals surface area contributed by atoms with Gasteiger partial charge in [0.25, 0.3) is 11.5 Å². The van der Waals surface area contributed by atoms with Crippen molar-refractivity contribution in [3.05, 3.63) is 92.3 Å². The number of furan rings is 1. The number of aryl methyl sites for hydroxylation is 1. The molecule has 0 saturated carbocycles. The fraction of sp³-hybridized carbons (Fsp3) is 0.143. The van der Waals surface area contributed by atoms with Gasteiger partial charge in [-0.2, -0.15) is 0 Å². The highest BCUT2D eigenvalue weighted by Gasteiger charge is 2.21. The number of nitrogens with zero attached hydrogens (tertiary/aromatic N) is 1. The minimum absolute atomic E-state index is 0.180. The molecule has 0 atom stereocenters. The second kappa shape index (κ2) is 7.25. The number of hydrogen-bond acceptors (Lipinski definition) is 4.